The van der Waals surface area contributed by atoms with Gasteiger partial charge in [0.1, 0.15) is 5.60 Å². The lowest BCUT2D eigenvalue weighted by Gasteiger charge is -2.36. The van der Waals surface area contributed by atoms with Crippen LogP contribution in [-0.4, -0.2) is 24.2 Å². The fraction of sp³-hybridized carbons (Fsp3) is 0.500. The van der Waals surface area contributed by atoms with Crippen molar-refractivity contribution in [1.82, 2.24) is 4.98 Å². The molecule has 1 atom stereocenters. The molecule has 1 unspecified atom stereocenters. The van der Waals surface area contributed by atoms with E-state index < -0.39 is 5.60 Å². The highest BCUT2D eigenvalue weighted by Crippen LogP contribution is 2.42. The quantitative estimate of drug-likeness (QED) is 0.857. The van der Waals surface area contributed by atoms with Gasteiger partial charge in [-0.1, -0.05) is 31.5 Å². The molecule has 0 fully saturated rings. The molecule has 0 radical (unpaired) electrons. The SMILES string of the molecule is CCCC1(CC(=O)OCC)OCCc2c1[nH]c1ccccc21. The normalized spacial score (nSPS) is 20.8. The summed E-state index contributed by atoms with van der Waals surface area (Å²) in [6.07, 6.45) is 2.92. The number of ether oxygens (including phenoxy) is 2. The second-order valence-electron chi connectivity index (χ2n) is 5.85. The van der Waals surface area contributed by atoms with E-state index in [4.69, 9.17) is 9.47 Å². The lowest BCUT2D eigenvalue weighted by atomic mass is 9.85. The first-order chi connectivity index (χ1) is 10.7. The minimum Gasteiger partial charge on any atom is -0.466 e. The third kappa shape index (κ3) is 2.52. The molecule has 0 spiro atoms. The molecule has 1 aromatic carbocycles. The van der Waals surface area contributed by atoms with E-state index in [9.17, 15) is 4.79 Å². The molecule has 0 bridgehead atoms. The molecular weight excluding hydrogens is 278 g/mol. The zero-order valence-corrected chi connectivity index (χ0v) is 13.3. The summed E-state index contributed by atoms with van der Waals surface area (Å²) >= 11 is 0. The van der Waals surface area contributed by atoms with E-state index in [0.29, 0.717) is 13.2 Å². The van der Waals surface area contributed by atoms with Crippen molar-refractivity contribution < 1.29 is 14.3 Å². The van der Waals surface area contributed by atoms with E-state index in [0.717, 1.165) is 30.5 Å². The van der Waals surface area contributed by atoms with Gasteiger partial charge in [-0.2, -0.15) is 0 Å². The number of aromatic amines is 1. The summed E-state index contributed by atoms with van der Waals surface area (Å²) in [5.74, 6) is -0.192. The highest BCUT2D eigenvalue weighted by molar-refractivity contribution is 5.85. The van der Waals surface area contributed by atoms with Gasteiger partial charge >= 0.3 is 5.97 Å². The van der Waals surface area contributed by atoms with Crippen molar-refractivity contribution >= 4 is 16.9 Å². The molecule has 1 aromatic heterocycles. The largest absolute Gasteiger partial charge is 0.466 e. The maximum atomic E-state index is 12.1. The number of hydrogen-bond acceptors (Lipinski definition) is 3. The molecule has 4 heteroatoms. The summed E-state index contributed by atoms with van der Waals surface area (Å²) in [6.45, 7) is 5.00. The molecule has 0 saturated heterocycles. The van der Waals surface area contributed by atoms with Crippen LogP contribution in [0.25, 0.3) is 10.9 Å². The number of H-pyrrole nitrogens is 1. The van der Waals surface area contributed by atoms with Crippen molar-refractivity contribution in [1.29, 1.82) is 0 Å². The number of esters is 1. The Bertz CT molecular complexity index is 676. The van der Waals surface area contributed by atoms with E-state index in [1.807, 2.05) is 13.0 Å². The van der Waals surface area contributed by atoms with Crippen molar-refractivity contribution in [3.8, 4) is 0 Å². The van der Waals surface area contributed by atoms with E-state index in [1.54, 1.807) is 0 Å². The molecule has 1 aliphatic rings. The predicted octanol–water partition coefficient (Wildman–Crippen LogP) is 3.69. The zero-order valence-electron chi connectivity index (χ0n) is 13.3. The number of rotatable bonds is 5. The van der Waals surface area contributed by atoms with Gasteiger partial charge in [-0.05, 0) is 31.4 Å². The van der Waals surface area contributed by atoms with Crippen molar-refractivity contribution in [2.45, 2.75) is 45.1 Å². The third-order valence-electron chi connectivity index (χ3n) is 4.39. The number of nitrogens with one attached hydrogen (secondary N) is 1. The van der Waals surface area contributed by atoms with Gasteiger partial charge in [0.05, 0.1) is 25.3 Å². The number of carbonyl (C=O) groups excluding carboxylic acids is 1. The van der Waals surface area contributed by atoms with E-state index in [2.05, 4.69) is 30.1 Å². The Kier molecular flexibility index (Phi) is 4.21. The van der Waals surface area contributed by atoms with E-state index in [-0.39, 0.29) is 12.4 Å². The molecule has 3 rings (SSSR count). The molecule has 1 aliphatic heterocycles. The summed E-state index contributed by atoms with van der Waals surface area (Å²) in [5, 5.41) is 1.24. The monoisotopic (exact) mass is 301 g/mol. The number of hydrogen-bond donors (Lipinski definition) is 1. The van der Waals surface area contributed by atoms with Gasteiger partial charge in [-0.15, -0.1) is 0 Å². The van der Waals surface area contributed by atoms with Gasteiger partial charge in [-0.3, -0.25) is 4.79 Å². The summed E-state index contributed by atoms with van der Waals surface area (Å²) in [5.41, 5.74) is 2.89. The number of fused-ring (bicyclic) bond motifs is 3. The summed E-state index contributed by atoms with van der Waals surface area (Å²) < 4.78 is 11.3. The average Bonchev–Trinajstić information content (AvgIpc) is 2.88. The maximum absolute atomic E-state index is 12.1. The first-order valence-electron chi connectivity index (χ1n) is 8.10. The zero-order chi connectivity index (χ0) is 15.6. The highest BCUT2D eigenvalue weighted by atomic mass is 16.5. The average molecular weight is 301 g/mol. The second kappa shape index (κ2) is 6.13. The molecule has 0 amide bonds. The van der Waals surface area contributed by atoms with Gasteiger partial charge in [0.25, 0.3) is 0 Å². The molecular formula is C18H23NO3. The highest BCUT2D eigenvalue weighted by Gasteiger charge is 2.41. The minimum atomic E-state index is -0.576. The second-order valence-corrected chi connectivity index (χ2v) is 5.85. The van der Waals surface area contributed by atoms with Crippen LogP contribution in [0.5, 0.6) is 0 Å². The van der Waals surface area contributed by atoms with Gasteiger partial charge in [0, 0.05) is 10.9 Å². The molecule has 2 heterocycles. The first-order valence-corrected chi connectivity index (χ1v) is 8.10. The van der Waals surface area contributed by atoms with Crippen LogP contribution < -0.4 is 0 Å². The van der Waals surface area contributed by atoms with E-state index in [1.165, 1.54) is 10.9 Å². The maximum Gasteiger partial charge on any atom is 0.309 e. The fourth-order valence-electron chi connectivity index (χ4n) is 3.54. The standard InChI is InChI=1S/C18H23NO3/c1-3-10-18(12-16(20)21-4-2)17-14(9-11-22-18)13-7-5-6-8-15(13)19-17/h5-8,19H,3-4,9-12H2,1-2H3. The van der Waals surface area contributed by atoms with Crippen LogP contribution >= 0.6 is 0 Å². The fourth-order valence-corrected chi connectivity index (χ4v) is 3.54. The molecule has 0 aliphatic carbocycles. The Morgan fingerprint density at radius 3 is 2.95 bits per heavy atom. The molecule has 0 saturated carbocycles. The molecule has 2 aromatic rings. The van der Waals surface area contributed by atoms with Gasteiger partial charge < -0.3 is 14.5 Å². The molecule has 118 valence electrons. The Morgan fingerprint density at radius 2 is 2.18 bits per heavy atom. The Hall–Kier alpha value is -1.81. The van der Waals surface area contributed by atoms with Crippen molar-refractivity contribution in [3.05, 3.63) is 35.5 Å². The lowest BCUT2D eigenvalue weighted by molar-refractivity contribution is -0.155. The number of carbonyl (C=O) groups is 1. The smallest absolute Gasteiger partial charge is 0.309 e. The molecule has 22 heavy (non-hydrogen) atoms. The van der Waals surface area contributed by atoms with Crippen LogP contribution in [0.1, 0.15) is 44.4 Å². The molecule has 4 nitrogen and oxygen atoms in total. The van der Waals surface area contributed by atoms with Crippen LogP contribution in [0, 0.1) is 0 Å². The molecule has 1 N–H and O–H groups in total. The Labute approximate surface area is 130 Å². The first kappa shape index (κ1) is 15.1. The van der Waals surface area contributed by atoms with Crippen molar-refractivity contribution in [2.75, 3.05) is 13.2 Å². The van der Waals surface area contributed by atoms with Gasteiger partial charge in [-0.25, -0.2) is 0 Å². The summed E-state index contributed by atoms with van der Waals surface area (Å²) in [4.78, 5) is 15.6. The van der Waals surface area contributed by atoms with Crippen LogP contribution in [0.2, 0.25) is 0 Å². The Morgan fingerprint density at radius 1 is 1.36 bits per heavy atom. The van der Waals surface area contributed by atoms with Crippen molar-refractivity contribution in [2.24, 2.45) is 0 Å². The number of aromatic nitrogens is 1. The summed E-state index contributed by atoms with van der Waals surface area (Å²) in [6, 6.07) is 8.29. The van der Waals surface area contributed by atoms with Gasteiger partial charge in [0.2, 0.25) is 0 Å². The van der Waals surface area contributed by atoms with Crippen LogP contribution in [0.4, 0.5) is 0 Å². The minimum absolute atomic E-state index is 0.192. The lowest BCUT2D eigenvalue weighted by Crippen LogP contribution is -2.38. The van der Waals surface area contributed by atoms with Crippen LogP contribution in [-0.2, 0) is 26.3 Å². The van der Waals surface area contributed by atoms with Gasteiger partial charge in [0.15, 0.2) is 0 Å². The Balaban J connectivity index is 2.07. The predicted molar refractivity (Wildman–Crippen MR) is 85.8 cm³/mol. The number of para-hydroxylation sites is 1. The van der Waals surface area contributed by atoms with Crippen LogP contribution in [0.3, 0.4) is 0 Å². The van der Waals surface area contributed by atoms with Crippen molar-refractivity contribution in [3.63, 3.8) is 0 Å². The van der Waals surface area contributed by atoms with Crippen LogP contribution in [0.15, 0.2) is 24.3 Å². The number of benzene rings is 1. The topological polar surface area (TPSA) is 51.3 Å². The van der Waals surface area contributed by atoms with E-state index >= 15 is 0 Å². The third-order valence-corrected chi connectivity index (χ3v) is 4.39. The summed E-state index contributed by atoms with van der Waals surface area (Å²) in [7, 11) is 0.